The van der Waals surface area contributed by atoms with Crippen LogP contribution >= 0.6 is 0 Å². The Balaban J connectivity index is 2.29. The summed E-state index contributed by atoms with van der Waals surface area (Å²) in [7, 11) is 2.07. The molecule has 2 rings (SSSR count). The van der Waals surface area contributed by atoms with Gasteiger partial charge in [0, 0.05) is 25.0 Å². The van der Waals surface area contributed by atoms with Crippen molar-refractivity contribution in [3.8, 4) is 0 Å². The molecule has 0 bridgehead atoms. The molecule has 0 aliphatic carbocycles. The molecule has 1 aromatic rings. The molecule has 1 heterocycles. The van der Waals surface area contributed by atoms with Crippen molar-refractivity contribution in [1.29, 1.82) is 0 Å². The van der Waals surface area contributed by atoms with Crippen LogP contribution in [0.4, 0.5) is 0 Å². The highest BCUT2D eigenvalue weighted by Gasteiger charge is 2.10. The molecule has 0 saturated carbocycles. The smallest absolute Gasteiger partial charge is 0.0857 e. The highest BCUT2D eigenvalue weighted by Crippen LogP contribution is 2.20. The van der Waals surface area contributed by atoms with Crippen molar-refractivity contribution in [2.45, 2.75) is 19.9 Å². The maximum atomic E-state index is 4.46. The largest absolute Gasteiger partial charge is 0.371 e. The summed E-state index contributed by atoms with van der Waals surface area (Å²) in [6.45, 7) is 4.22. The summed E-state index contributed by atoms with van der Waals surface area (Å²) in [5.41, 5.74) is 3.49. The average molecular weight is 200 g/mol. The van der Waals surface area contributed by atoms with Crippen LogP contribution < -0.4 is 0 Å². The third-order valence-electron chi connectivity index (χ3n) is 2.75. The van der Waals surface area contributed by atoms with Gasteiger partial charge in [0.2, 0.25) is 0 Å². The molecule has 2 heteroatoms. The second-order valence-corrected chi connectivity index (χ2v) is 4.06. The maximum Gasteiger partial charge on any atom is 0.0857 e. The summed E-state index contributed by atoms with van der Waals surface area (Å²) < 4.78 is 0. The van der Waals surface area contributed by atoms with Crippen LogP contribution in [0.2, 0.25) is 0 Å². The van der Waals surface area contributed by atoms with Gasteiger partial charge in [-0.3, -0.25) is 4.99 Å². The van der Waals surface area contributed by atoms with E-state index in [9.17, 15) is 0 Å². The van der Waals surface area contributed by atoms with Gasteiger partial charge < -0.3 is 4.90 Å². The molecule has 1 aliphatic heterocycles. The summed E-state index contributed by atoms with van der Waals surface area (Å²) in [6.07, 6.45) is 4.07. The van der Waals surface area contributed by atoms with E-state index in [4.69, 9.17) is 0 Å². The maximum absolute atomic E-state index is 4.46. The third-order valence-corrected chi connectivity index (χ3v) is 2.75. The van der Waals surface area contributed by atoms with Gasteiger partial charge in [-0.2, -0.15) is 0 Å². The lowest BCUT2D eigenvalue weighted by Crippen LogP contribution is -2.27. The summed E-state index contributed by atoms with van der Waals surface area (Å²) in [5.74, 6) is 0. The van der Waals surface area contributed by atoms with E-state index in [2.05, 4.69) is 61.3 Å². The Labute approximate surface area is 90.9 Å². The van der Waals surface area contributed by atoms with Gasteiger partial charge >= 0.3 is 0 Å². The minimum absolute atomic E-state index is 0.388. The lowest BCUT2D eigenvalue weighted by atomic mass is 10.1. The van der Waals surface area contributed by atoms with E-state index in [0.717, 1.165) is 5.70 Å². The zero-order valence-electron chi connectivity index (χ0n) is 9.44. The predicted octanol–water partition coefficient (Wildman–Crippen LogP) is 2.70. The van der Waals surface area contributed by atoms with Crippen LogP contribution in [0.3, 0.4) is 0 Å². The monoisotopic (exact) mass is 200 g/mol. The second-order valence-electron chi connectivity index (χ2n) is 4.06. The summed E-state index contributed by atoms with van der Waals surface area (Å²) in [5, 5.41) is 0. The van der Waals surface area contributed by atoms with E-state index in [1.165, 1.54) is 11.1 Å². The van der Waals surface area contributed by atoms with Crippen LogP contribution in [-0.4, -0.2) is 24.2 Å². The van der Waals surface area contributed by atoms with Gasteiger partial charge in [0.25, 0.3) is 0 Å². The van der Waals surface area contributed by atoms with Gasteiger partial charge in [0.1, 0.15) is 0 Å². The number of hydrogen-bond donors (Lipinski definition) is 0. The molecule has 0 saturated heterocycles. The molecule has 2 nitrogen and oxygen atoms in total. The van der Waals surface area contributed by atoms with Gasteiger partial charge in [-0.1, -0.05) is 29.8 Å². The molecule has 0 fully saturated rings. The van der Waals surface area contributed by atoms with Crippen molar-refractivity contribution in [2.75, 3.05) is 7.05 Å². The minimum Gasteiger partial charge on any atom is -0.371 e. The number of benzene rings is 1. The standard InChI is InChI=1S/C13H16N2/c1-10-4-6-12(7-5-10)13-9-15(3)11(2)8-14-13/h4-9,11H,1-3H3. The normalized spacial score (nSPS) is 20.3. The van der Waals surface area contributed by atoms with Crippen molar-refractivity contribution in [3.63, 3.8) is 0 Å². The zero-order valence-corrected chi connectivity index (χ0v) is 9.44. The van der Waals surface area contributed by atoms with Gasteiger partial charge in [-0.25, -0.2) is 0 Å². The first-order valence-corrected chi connectivity index (χ1v) is 5.22. The number of hydrogen-bond acceptors (Lipinski definition) is 2. The van der Waals surface area contributed by atoms with Crippen LogP contribution in [0.1, 0.15) is 18.1 Å². The molecule has 0 amide bonds. The summed E-state index contributed by atoms with van der Waals surface area (Å²) in [6, 6.07) is 8.84. The Morgan fingerprint density at radius 1 is 1.20 bits per heavy atom. The number of rotatable bonds is 1. The molecule has 0 aromatic heterocycles. The Morgan fingerprint density at radius 3 is 2.47 bits per heavy atom. The first-order valence-electron chi connectivity index (χ1n) is 5.22. The van der Waals surface area contributed by atoms with E-state index in [1.54, 1.807) is 0 Å². The first-order chi connectivity index (χ1) is 7.16. The fourth-order valence-electron chi connectivity index (χ4n) is 1.51. The highest BCUT2D eigenvalue weighted by molar-refractivity contribution is 5.78. The predicted molar refractivity (Wildman–Crippen MR) is 64.9 cm³/mol. The first kappa shape index (κ1) is 9.97. The van der Waals surface area contributed by atoms with Gasteiger partial charge in [-0.05, 0) is 13.8 Å². The Kier molecular flexibility index (Phi) is 2.58. The van der Waals surface area contributed by atoms with Crippen molar-refractivity contribution in [1.82, 2.24) is 4.90 Å². The van der Waals surface area contributed by atoms with Crippen molar-refractivity contribution >= 4 is 11.9 Å². The summed E-state index contributed by atoms with van der Waals surface area (Å²) >= 11 is 0. The molecular formula is C13H16N2. The van der Waals surface area contributed by atoms with Crippen LogP contribution in [-0.2, 0) is 0 Å². The van der Waals surface area contributed by atoms with Crippen molar-refractivity contribution in [3.05, 3.63) is 41.6 Å². The molecule has 1 aromatic carbocycles. The minimum atomic E-state index is 0.388. The van der Waals surface area contributed by atoms with Crippen molar-refractivity contribution in [2.24, 2.45) is 4.99 Å². The lowest BCUT2D eigenvalue weighted by Gasteiger charge is -2.24. The quantitative estimate of drug-likeness (QED) is 0.680. The van der Waals surface area contributed by atoms with E-state index >= 15 is 0 Å². The number of aliphatic imine (C=N–C) groups is 1. The molecule has 0 spiro atoms. The lowest BCUT2D eigenvalue weighted by molar-refractivity contribution is 0.429. The van der Waals surface area contributed by atoms with Crippen LogP contribution in [0.5, 0.6) is 0 Å². The molecular weight excluding hydrogens is 184 g/mol. The molecule has 0 radical (unpaired) electrons. The van der Waals surface area contributed by atoms with Gasteiger partial charge in [0.15, 0.2) is 0 Å². The summed E-state index contributed by atoms with van der Waals surface area (Å²) in [4.78, 5) is 6.62. The van der Waals surface area contributed by atoms with E-state index in [1.807, 2.05) is 6.21 Å². The number of nitrogens with zero attached hydrogens (tertiary/aromatic N) is 2. The highest BCUT2D eigenvalue weighted by atomic mass is 15.1. The molecule has 0 N–H and O–H groups in total. The molecule has 1 unspecified atom stereocenters. The van der Waals surface area contributed by atoms with Crippen LogP contribution in [0.25, 0.3) is 5.70 Å². The third kappa shape index (κ3) is 2.09. The fraction of sp³-hybridized carbons (Fsp3) is 0.308. The fourth-order valence-corrected chi connectivity index (χ4v) is 1.51. The zero-order chi connectivity index (χ0) is 10.8. The van der Waals surface area contributed by atoms with E-state index < -0.39 is 0 Å². The Morgan fingerprint density at radius 2 is 1.87 bits per heavy atom. The van der Waals surface area contributed by atoms with Crippen molar-refractivity contribution < 1.29 is 0 Å². The SMILES string of the molecule is Cc1ccc(C2=CN(C)C(C)C=N2)cc1. The number of aryl methyl sites for hydroxylation is 1. The molecule has 78 valence electrons. The molecule has 1 aliphatic rings. The Bertz CT molecular complexity index is 401. The topological polar surface area (TPSA) is 15.6 Å². The van der Waals surface area contributed by atoms with E-state index in [0.29, 0.717) is 6.04 Å². The second kappa shape index (κ2) is 3.89. The van der Waals surface area contributed by atoms with Crippen LogP contribution in [0, 0.1) is 6.92 Å². The van der Waals surface area contributed by atoms with E-state index in [-0.39, 0.29) is 0 Å². The average Bonchev–Trinajstić information content (AvgIpc) is 2.23. The molecule has 1 atom stereocenters. The Hall–Kier alpha value is -1.57. The van der Waals surface area contributed by atoms with Gasteiger partial charge in [0.05, 0.1) is 11.7 Å². The van der Waals surface area contributed by atoms with Gasteiger partial charge in [-0.15, -0.1) is 0 Å². The molecule has 15 heavy (non-hydrogen) atoms. The van der Waals surface area contributed by atoms with Crippen LogP contribution in [0.15, 0.2) is 35.5 Å².